The Labute approximate surface area is 414 Å². The van der Waals surface area contributed by atoms with Gasteiger partial charge in [-0.2, -0.15) is 0 Å². The second-order valence-electron chi connectivity index (χ2n) is 16.7. The van der Waals surface area contributed by atoms with Gasteiger partial charge in [0, 0.05) is 19.3 Å². The van der Waals surface area contributed by atoms with E-state index in [9.17, 15) is 34.5 Å². The first-order valence-corrected chi connectivity index (χ1v) is 25.5. The molecule has 1 heterocycles. The molecule has 0 aliphatic carbocycles. The maximum atomic E-state index is 13.0. The van der Waals surface area contributed by atoms with Crippen LogP contribution in [0.4, 0.5) is 0 Å². The van der Waals surface area contributed by atoms with Gasteiger partial charge < -0.3 is 39.0 Å². The first kappa shape index (κ1) is 62.1. The van der Waals surface area contributed by atoms with Gasteiger partial charge in [0.05, 0.1) is 6.61 Å². The summed E-state index contributed by atoms with van der Waals surface area (Å²) in [4.78, 5) is 50.7. The fraction of sp³-hybridized carbons (Fsp3) is 0.579. The Morgan fingerprint density at radius 3 is 1.45 bits per heavy atom. The van der Waals surface area contributed by atoms with Crippen LogP contribution in [-0.2, 0) is 42.9 Å². The molecule has 12 nitrogen and oxygen atoms in total. The van der Waals surface area contributed by atoms with Crippen molar-refractivity contribution < 1.29 is 58.2 Å². The minimum atomic E-state index is -1.93. The van der Waals surface area contributed by atoms with Gasteiger partial charge in [-0.3, -0.25) is 14.4 Å². The van der Waals surface area contributed by atoms with E-state index in [1.807, 2.05) is 30.4 Å². The van der Waals surface area contributed by atoms with E-state index in [-0.39, 0.29) is 25.9 Å². The lowest BCUT2D eigenvalue weighted by molar-refractivity contribution is -0.301. The molecule has 0 aromatic rings. The largest absolute Gasteiger partial charge is 0.479 e. The maximum absolute atomic E-state index is 13.0. The number of carbonyl (C=O) groups excluding carboxylic acids is 3. The van der Waals surface area contributed by atoms with Crippen molar-refractivity contribution >= 4 is 23.9 Å². The summed E-state index contributed by atoms with van der Waals surface area (Å²) in [6.45, 7) is 5.50. The number of carboxylic acids is 1. The summed E-state index contributed by atoms with van der Waals surface area (Å²) in [5, 5.41) is 31.3. The lowest BCUT2D eigenvalue weighted by Crippen LogP contribution is -2.61. The van der Waals surface area contributed by atoms with Crippen molar-refractivity contribution in [3.05, 3.63) is 122 Å². The Bertz CT molecular complexity index is 1660. The van der Waals surface area contributed by atoms with E-state index < -0.39 is 67.3 Å². The number of ether oxygens (including phenoxy) is 5. The van der Waals surface area contributed by atoms with Crippen molar-refractivity contribution in [1.82, 2.24) is 0 Å². The smallest absolute Gasteiger partial charge is 0.335 e. The topological polar surface area (TPSA) is 175 Å². The zero-order valence-corrected chi connectivity index (χ0v) is 42.0. The van der Waals surface area contributed by atoms with E-state index in [0.29, 0.717) is 25.7 Å². The van der Waals surface area contributed by atoms with Gasteiger partial charge in [-0.1, -0.05) is 168 Å². The van der Waals surface area contributed by atoms with Crippen molar-refractivity contribution in [2.24, 2.45) is 0 Å². The second kappa shape index (κ2) is 44.3. The summed E-state index contributed by atoms with van der Waals surface area (Å²) in [6.07, 6.45) is 48.0. The Morgan fingerprint density at radius 2 is 0.942 bits per heavy atom. The van der Waals surface area contributed by atoms with E-state index in [1.54, 1.807) is 0 Å². The lowest BCUT2D eigenvalue weighted by Gasteiger charge is -2.40. The third-order valence-electron chi connectivity index (χ3n) is 10.5. The Balaban J connectivity index is 2.85. The molecule has 0 amide bonds. The normalized spacial score (nSPS) is 19.7. The molecular weight excluding hydrogens is 877 g/mol. The van der Waals surface area contributed by atoms with Gasteiger partial charge in [-0.15, -0.1) is 0 Å². The molecule has 386 valence electrons. The molecule has 0 saturated carbocycles. The second-order valence-corrected chi connectivity index (χ2v) is 16.7. The van der Waals surface area contributed by atoms with E-state index in [4.69, 9.17) is 23.7 Å². The summed E-state index contributed by atoms with van der Waals surface area (Å²) in [5.74, 6) is -3.39. The minimum Gasteiger partial charge on any atom is -0.479 e. The number of allylic oxidation sites excluding steroid dienone is 20. The minimum absolute atomic E-state index is 0.0186. The third-order valence-corrected chi connectivity index (χ3v) is 10.5. The molecule has 0 radical (unpaired) electrons. The fourth-order valence-electron chi connectivity index (χ4n) is 6.67. The molecule has 3 N–H and O–H groups in total. The molecule has 69 heavy (non-hydrogen) atoms. The number of aliphatic carboxylic acids is 1. The van der Waals surface area contributed by atoms with Crippen LogP contribution in [0.5, 0.6) is 0 Å². The third kappa shape index (κ3) is 35.0. The SMILES string of the molecule is CC/C=C\C/C=C\C/C=C\C/C=C\CCC(=O)OCC(COC1OC(C(=O)O)C(O)C(O)C1OC(=O)CCCCCCC/C=C\C/C=C\CCC)OC(=O)CC/C=C\C/C=C\C/C=C\C/C=C\CC. The lowest BCUT2D eigenvalue weighted by atomic mass is 9.98. The standard InChI is InChI=1S/C57H86O12/c1-4-7-10-13-16-19-22-25-28-31-34-37-40-43-49(58)65-46-48(67-50(59)44-41-38-35-32-29-26-23-20-17-14-11-8-5-2)47-66-57-55(53(62)52(61)54(69-57)56(63)64)68-51(60)45-42-39-36-33-30-27-24-21-18-15-12-9-6-3/h7-8,10-12,15-17,19-21,24-26,28-29,34-35,37-38,48,52-55,57,61-62H,4-6,9,13-14,18,22-23,27,30-33,36,39-47H2,1-3H3,(H,63,64)/b10-7-,11-8-,15-12-,19-16-,20-17-,24-21-,28-25-,29-26-,37-34-,38-35-. The number of unbranched alkanes of at least 4 members (excludes halogenated alkanes) is 6. The zero-order chi connectivity index (χ0) is 50.4. The predicted molar refractivity (Wildman–Crippen MR) is 275 cm³/mol. The van der Waals surface area contributed by atoms with E-state index in [2.05, 4.69) is 112 Å². The van der Waals surface area contributed by atoms with Gasteiger partial charge in [-0.25, -0.2) is 4.79 Å². The van der Waals surface area contributed by atoms with E-state index in [1.165, 1.54) is 0 Å². The number of hydrogen-bond acceptors (Lipinski definition) is 11. The summed E-state index contributed by atoms with van der Waals surface area (Å²) in [7, 11) is 0. The van der Waals surface area contributed by atoms with Crippen molar-refractivity contribution in [2.75, 3.05) is 13.2 Å². The Morgan fingerprint density at radius 1 is 0.493 bits per heavy atom. The van der Waals surface area contributed by atoms with E-state index in [0.717, 1.165) is 96.3 Å². The van der Waals surface area contributed by atoms with Gasteiger partial charge >= 0.3 is 23.9 Å². The fourth-order valence-corrected chi connectivity index (χ4v) is 6.67. The first-order valence-electron chi connectivity index (χ1n) is 25.5. The Kier molecular flexibility index (Phi) is 39.9. The number of carbonyl (C=O) groups is 4. The van der Waals surface area contributed by atoms with Crippen molar-refractivity contribution in [2.45, 2.75) is 199 Å². The van der Waals surface area contributed by atoms with Gasteiger partial charge in [0.15, 0.2) is 24.6 Å². The Hall–Kier alpha value is -4.88. The molecule has 0 aromatic carbocycles. The van der Waals surface area contributed by atoms with Gasteiger partial charge in [-0.05, 0) is 96.3 Å². The van der Waals surface area contributed by atoms with Crippen LogP contribution in [0.1, 0.15) is 162 Å². The van der Waals surface area contributed by atoms with E-state index >= 15 is 0 Å². The van der Waals surface area contributed by atoms with Crippen molar-refractivity contribution in [3.63, 3.8) is 0 Å². The number of aliphatic hydroxyl groups is 2. The van der Waals surface area contributed by atoms with Crippen LogP contribution in [0.15, 0.2) is 122 Å². The molecular formula is C57H86O12. The molecule has 0 spiro atoms. The molecule has 1 aliphatic rings. The van der Waals surface area contributed by atoms with Gasteiger partial charge in [0.1, 0.15) is 18.8 Å². The van der Waals surface area contributed by atoms with Crippen LogP contribution in [-0.4, -0.2) is 89.2 Å². The molecule has 1 saturated heterocycles. The highest BCUT2D eigenvalue weighted by Gasteiger charge is 2.50. The van der Waals surface area contributed by atoms with Crippen LogP contribution < -0.4 is 0 Å². The van der Waals surface area contributed by atoms with Crippen LogP contribution in [0.25, 0.3) is 0 Å². The zero-order valence-electron chi connectivity index (χ0n) is 42.0. The highest BCUT2D eigenvalue weighted by atomic mass is 16.7. The average Bonchev–Trinajstić information content (AvgIpc) is 3.33. The molecule has 6 atom stereocenters. The summed E-state index contributed by atoms with van der Waals surface area (Å²) < 4.78 is 28.1. The monoisotopic (exact) mass is 963 g/mol. The molecule has 1 aliphatic heterocycles. The highest BCUT2D eigenvalue weighted by Crippen LogP contribution is 2.26. The van der Waals surface area contributed by atoms with Crippen LogP contribution >= 0.6 is 0 Å². The number of rotatable bonds is 40. The van der Waals surface area contributed by atoms with Crippen molar-refractivity contribution in [1.29, 1.82) is 0 Å². The molecule has 0 bridgehead atoms. The molecule has 12 heteroatoms. The summed E-state index contributed by atoms with van der Waals surface area (Å²) in [5.41, 5.74) is 0. The maximum Gasteiger partial charge on any atom is 0.335 e. The van der Waals surface area contributed by atoms with Crippen LogP contribution in [0, 0.1) is 0 Å². The van der Waals surface area contributed by atoms with Crippen LogP contribution in [0.3, 0.4) is 0 Å². The van der Waals surface area contributed by atoms with Gasteiger partial charge in [0.25, 0.3) is 0 Å². The number of carboxylic acid groups (broad SMARTS) is 1. The average molecular weight is 963 g/mol. The van der Waals surface area contributed by atoms with Crippen LogP contribution in [0.2, 0.25) is 0 Å². The number of aliphatic hydroxyl groups excluding tert-OH is 2. The summed E-state index contributed by atoms with van der Waals surface area (Å²) >= 11 is 0. The summed E-state index contributed by atoms with van der Waals surface area (Å²) in [6, 6.07) is 0. The molecule has 1 rings (SSSR count). The predicted octanol–water partition coefficient (Wildman–Crippen LogP) is 12.1. The number of hydrogen-bond donors (Lipinski definition) is 3. The highest BCUT2D eigenvalue weighted by molar-refractivity contribution is 5.74. The quantitative estimate of drug-likeness (QED) is 0.0230. The first-order chi connectivity index (χ1) is 33.6. The molecule has 0 aromatic heterocycles. The molecule has 6 unspecified atom stereocenters. The van der Waals surface area contributed by atoms with Crippen molar-refractivity contribution in [3.8, 4) is 0 Å². The molecule has 1 fully saturated rings. The number of esters is 3. The van der Waals surface area contributed by atoms with Gasteiger partial charge in [0.2, 0.25) is 0 Å².